The molecule has 3 rings (SSSR count). The summed E-state index contributed by atoms with van der Waals surface area (Å²) in [6, 6.07) is 11.8. The molecule has 0 saturated carbocycles. The van der Waals surface area contributed by atoms with E-state index in [9.17, 15) is 5.11 Å². The summed E-state index contributed by atoms with van der Waals surface area (Å²) in [7, 11) is 0. The lowest BCUT2D eigenvalue weighted by molar-refractivity contribution is 0.00465. The van der Waals surface area contributed by atoms with Gasteiger partial charge in [0.25, 0.3) is 0 Å². The summed E-state index contributed by atoms with van der Waals surface area (Å²) >= 11 is 0. The lowest BCUT2D eigenvalue weighted by atomic mass is 10.2. The summed E-state index contributed by atoms with van der Waals surface area (Å²) in [5.74, 6) is 1.58. The molecule has 1 fully saturated rings. The van der Waals surface area contributed by atoms with Crippen LogP contribution in [-0.2, 0) is 11.3 Å². The molecule has 1 aliphatic rings. The maximum Gasteiger partial charge on any atom is 0.137 e. The topological polar surface area (TPSA) is 76.1 Å². The van der Waals surface area contributed by atoms with E-state index in [2.05, 4.69) is 21.3 Å². The molecule has 0 radical (unpaired) electrons. The lowest BCUT2D eigenvalue weighted by Gasteiger charge is -2.28. The largest absolute Gasteiger partial charge is 0.492 e. The first kappa shape index (κ1) is 21.5. The van der Waals surface area contributed by atoms with Crippen molar-refractivity contribution < 1.29 is 19.3 Å². The average Bonchev–Trinajstić information content (AvgIpc) is 2.76. The molecular formula is C22H31N3O4. The molecule has 0 spiro atoms. The van der Waals surface area contributed by atoms with Gasteiger partial charge in [0.2, 0.25) is 0 Å². The van der Waals surface area contributed by atoms with Crippen LogP contribution in [0.3, 0.4) is 0 Å². The Morgan fingerprint density at radius 2 is 2.00 bits per heavy atom. The normalized spacial score (nSPS) is 15.8. The lowest BCUT2D eigenvalue weighted by Crippen LogP contribution is -2.42. The zero-order chi connectivity index (χ0) is 20.2. The van der Waals surface area contributed by atoms with Gasteiger partial charge in [-0.25, -0.2) is 0 Å². The predicted molar refractivity (Wildman–Crippen MR) is 111 cm³/mol. The van der Waals surface area contributed by atoms with Gasteiger partial charge in [-0.05, 0) is 42.8 Å². The Bertz CT molecular complexity index is 695. The van der Waals surface area contributed by atoms with Gasteiger partial charge in [-0.15, -0.1) is 0 Å². The van der Waals surface area contributed by atoms with Crippen molar-refractivity contribution in [3.63, 3.8) is 0 Å². The van der Waals surface area contributed by atoms with Crippen LogP contribution in [0.5, 0.6) is 11.5 Å². The molecule has 2 N–H and O–H groups in total. The highest BCUT2D eigenvalue weighted by molar-refractivity contribution is 5.28. The molecule has 29 heavy (non-hydrogen) atoms. The van der Waals surface area contributed by atoms with E-state index >= 15 is 0 Å². The fourth-order valence-electron chi connectivity index (χ4n) is 3.12. The molecule has 1 saturated heterocycles. The molecule has 7 heteroatoms. The molecule has 158 valence electrons. The monoisotopic (exact) mass is 401 g/mol. The minimum absolute atomic E-state index is 0.292. The van der Waals surface area contributed by atoms with Gasteiger partial charge in [0.15, 0.2) is 0 Å². The van der Waals surface area contributed by atoms with E-state index in [1.165, 1.54) is 0 Å². The number of β-amino-alcohol motifs (C(OH)–C–C–N with tert-alkyl or cyclic N) is 1. The molecule has 2 aromatic rings. The van der Waals surface area contributed by atoms with Gasteiger partial charge in [0, 0.05) is 32.4 Å². The Morgan fingerprint density at radius 1 is 1.14 bits per heavy atom. The van der Waals surface area contributed by atoms with Crippen molar-refractivity contribution in [3.05, 3.63) is 54.4 Å². The van der Waals surface area contributed by atoms with E-state index < -0.39 is 6.10 Å². The molecule has 1 atom stereocenters. The molecule has 0 bridgehead atoms. The maximum atomic E-state index is 10.2. The first-order chi connectivity index (χ1) is 14.3. The van der Waals surface area contributed by atoms with Crippen LogP contribution < -0.4 is 14.8 Å². The second-order valence-corrected chi connectivity index (χ2v) is 7.09. The molecule has 1 aliphatic heterocycles. The van der Waals surface area contributed by atoms with Crippen LogP contribution in [-0.4, -0.2) is 73.7 Å². The van der Waals surface area contributed by atoms with Crippen LogP contribution in [0.1, 0.15) is 12.0 Å². The Morgan fingerprint density at radius 3 is 2.83 bits per heavy atom. The standard InChI is InChI=1S/C22H31N3O4/c26-20(17-25-9-12-27-13-10-25)18-29-21-5-1-4-19(14-21)15-23-8-3-11-28-22-6-2-7-24-16-22/h1-2,4-7,14,16,20,23,26H,3,8-13,15,17-18H2/t20-/m0/s1. The Hall–Kier alpha value is -2.19. The van der Waals surface area contributed by atoms with Crippen LogP contribution in [0, 0.1) is 0 Å². The summed E-state index contributed by atoms with van der Waals surface area (Å²) in [5, 5.41) is 13.6. The third kappa shape index (κ3) is 8.37. The van der Waals surface area contributed by atoms with E-state index in [4.69, 9.17) is 14.2 Å². The average molecular weight is 402 g/mol. The van der Waals surface area contributed by atoms with Gasteiger partial charge < -0.3 is 24.6 Å². The Balaban J connectivity index is 1.29. The fourth-order valence-corrected chi connectivity index (χ4v) is 3.12. The summed E-state index contributed by atoms with van der Waals surface area (Å²) < 4.78 is 16.7. The van der Waals surface area contributed by atoms with Gasteiger partial charge in [-0.1, -0.05) is 12.1 Å². The second-order valence-electron chi connectivity index (χ2n) is 7.09. The molecule has 2 heterocycles. The summed E-state index contributed by atoms with van der Waals surface area (Å²) in [5.41, 5.74) is 1.15. The number of nitrogens with one attached hydrogen (secondary N) is 1. The predicted octanol–water partition coefficient (Wildman–Crippen LogP) is 1.71. The van der Waals surface area contributed by atoms with Crippen molar-refractivity contribution in [1.29, 1.82) is 0 Å². The van der Waals surface area contributed by atoms with Crippen LogP contribution in [0.2, 0.25) is 0 Å². The third-order valence-corrected chi connectivity index (χ3v) is 4.64. The smallest absolute Gasteiger partial charge is 0.137 e. The zero-order valence-electron chi connectivity index (χ0n) is 16.8. The highest BCUT2D eigenvalue weighted by Gasteiger charge is 2.15. The van der Waals surface area contributed by atoms with E-state index in [1.54, 1.807) is 12.4 Å². The number of ether oxygens (including phenoxy) is 3. The summed E-state index contributed by atoms with van der Waals surface area (Å²) in [4.78, 5) is 6.23. The van der Waals surface area contributed by atoms with Crippen molar-refractivity contribution in [3.8, 4) is 11.5 Å². The number of nitrogens with zero attached hydrogens (tertiary/aromatic N) is 2. The fraction of sp³-hybridized carbons (Fsp3) is 0.500. The molecule has 1 aromatic heterocycles. The second kappa shape index (κ2) is 12.4. The van der Waals surface area contributed by atoms with E-state index in [1.807, 2.05) is 30.3 Å². The molecular weight excluding hydrogens is 370 g/mol. The van der Waals surface area contributed by atoms with Crippen LogP contribution >= 0.6 is 0 Å². The van der Waals surface area contributed by atoms with E-state index in [-0.39, 0.29) is 0 Å². The van der Waals surface area contributed by atoms with Gasteiger partial charge in [-0.2, -0.15) is 0 Å². The highest BCUT2D eigenvalue weighted by atomic mass is 16.5. The van der Waals surface area contributed by atoms with Crippen molar-refractivity contribution in [2.75, 3.05) is 52.6 Å². The van der Waals surface area contributed by atoms with E-state index in [0.29, 0.717) is 19.8 Å². The van der Waals surface area contributed by atoms with Crippen molar-refractivity contribution in [2.24, 2.45) is 0 Å². The SMILES string of the molecule is O[C@H](COc1cccc(CNCCCOc2cccnc2)c1)CN1CCOCC1. The van der Waals surface area contributed by atoms with Gasteiger partial charge in [0.05, 0.1) is 26.0 Å². The van der Waals surface area contributed by atoms with Gasteiger partial charge in [0.1, 0.15) is 24.2 Å². The quantitative estimate of drug-likeness (QED) is 0.525. The Labute approximate surface area is 172 Å². The zero-order valence-corrected chi connectivity index (χ0v) is 16.8. The minimum Gasteiger partial charge on any atom is -0.492 e. The van der Waals surface area contributed by atoms with Crippen molar-refractivity contribution in [1.82, 2.24) is 15.2 Å². The number of morpholine rings is 1. The van der Waals surface area contributed by atoms with Crippen molar-refractivity contribution in [2.45, 2.75) is 19.1 Å². The summed E-state index contributed by atoms with van der Waals surface area (Å²) in [6.07, 6.45) is 3.86. The van der Waals surface area contributed by atoms with Crippen molar-refractivity contribution >= 4 is 0 Å². The van der Waals surface area contributed by atoms with Crippen LogP contribution in [0.15, 0.2) is 48.8 Å². The number of aliphatic hydroxyl groups is 1. The number of pyridine rings is 1. The van der Waals surface area contributed by atoms with E-state index in [0.717, 1.165) is 62.9 Å². The van der Waals surface area contributed by atoms with Gasteiger partial charge in [-0.3, -0.25) is 9.88 Å². The number of hydrogen-bond acceptors (Lipinski definition) is 7. The number of rotatable bonds is 12. The number of aliphatic hydroxyl groups excluding tert-OH is 1. The molecule has 1 aromatic carbocycles. The Kier molecular flexibility index (Phi) is 9.19. The minimum atomic E-state index is -0.505. The number of hydrogen-bond donors (Lipinski definition) is 2. The van der Waals surface area contributed by atoms with Gasteiger partial charge >= 0.3 is 0 Å². The van der Waals surface area contributed by atoms with Crippen LogP contribution in [0.25, 0.3) is 0 Å². The van der Waals surface area contributed by atoms with Crippen LogP contribution in [0.4, 0.5) is 0 Å². The first-order valence-electron chi connectivity index (χ1n) is 10.2. The summed E-state index contributed by atoms with van der Waals surface area (Å²) in [6.45, 7) is 6.39. The first-order valence-corrected chi connectivity index (χ1v) is 10.2. The number of benzene rings is 1. The molecule has 0 amide bonds. The highest BCUT2D eigenvalue weighted by Crippen LogP contribution is 2.14. The molecule has 0 aliphatic carbocycles. The molecule has 7 nitrogen and oxygen atoms in total. The molecule has 0 unspecified atom stereocenters. The number of aromatic nitrogens is 1. The maximum absolute atomic E-state index is 10.2. The third-order valence-electron chi connectivity index (χ3n) is 4.64.